The number of carbonyl (C=O) groups excluding carboxylic acids is 2. The molecule has 0 fully saturated rings. The zero-order chi connectivity index (χ0) is 26.3. The van der Waals surface area contributed by atoms with Crippen molar-refractivity contribution in [1.82, 2.24) is 10.2 Å². The minimum Gasteiger partial charge on any atom is -0.497 e. The quantitative estimate of drug-likeness (QED) is 0.462. The van der Waals surface area contributed by atoms with E-state index in [-0.39, 0.29) is 34.1 Å². The standard InChI is InChI=1S/C24H31Cl2N3O5S/c1-16(2)13-27-24(31)17(3)28(14-18-9-11-19(34-4)12-10-18)22(30)15-29(35(5,32)33)21-8-6-7-20(25)23(21)26/h6-12,16-17H,13-15H2,1-5H3,(H,27,31)/t17-/m1/s1. The topological polar surface area (TPSA) is 96.0 Å². The Morgan fingerprint density at radius 3 is 2.23 bits per heavy atom. The highest BCUT2D eigenvalue weighted by atomic mass is 35.5. The van der Waals surface area contributed by atoms with Gasteiger partial charge in [-0.15, -0.1) is 0 Å². The summed E-state index contributed by atoms with van der Waals surface area (Å²) in [6, 6.07) is 10.7. The minimum atomic E-state index is -3.91. The maximum atomic E-state index is 13.5. The number of ether oxygens (including phenoxy) is 1. The molecule has 2 aromatic carbocycles. The van der Waals surface area contributed by atoms with E-state index in [0.717, 1.165) is 16.1 Å². The van der Waals surface area contributed by atoms with Crippen molar-refractivity contribution in [3.8, 4) is 5.75 Å². The number of hydrogen-bond acceptors (Lipinski definition) is 5. The third-order valence-corrected chi connectivity index (χ3v) is 7.18. The zero-order valence-electron chi connectivity index (χ0n) is 20.4. The van der Waals surface area contributed by atoms with Crippen LogP contribution in [0.15, 0.2) is 42.5 Å². The molecule has 11 heteroatoms. The van der Waals surface area contributed by atoms with Crippen molar-refractivity contribution in [2.24, 2.45) is 5.92 Å². The molecular formula is C24H31Cl2N3O5S. The Kier molecular flexibility index (Phi) is 10.2. The molecular weight excluding hydrogens is 513 g/mol. The number of halogens is 2. The van der Waals surface area contributed by atoms with Crippen molar-refractivity contribution in [2.45, 2.75) is 33.4 Å². The smallest absolute Gasteiger partial charge is 0.244 e. The summed E-state index contributed by atoms with van der Waals surface area (Å²) in [6.45, 7) is 5.50. The fraction of sp³-hybridized carbons (Fsp3) is 0.417. The van der Waals surface area contributed by atoms with Crippen molar-refractivity contribution < 1.29 is 22.7 Å². The van der Waals surface area contributed by atoms with Gasteiger partial charge in [0.25, 0.3) is 0 Å². The number of amides is 2. The number of hydrogen-bond donors (Lipinski definition) is 1. The van der Waals surface area contributed by atoms with Crippen LogP contribution in [-0.2, 0) is 26.2 Å². The molecule has 2 amide bonds. The van der Waals surface area contributed by atoms with E-state index >= 15 is 0 Å². The van der Waals surface area contributed by atoms with Crippen LogP contribution in [0.4, 0.5) is 5.69 Å². The normalized spacial score (nSPS) is 12.2. The number of benzene rings is 2. The lowest BCUT2D eigenvalue weighted by molar-refractivity contribution is -0.139. The van der Waals surface area contributed by atoms with Crippen LogP contribution in [0.1, 0.15) is 26.3 Å². The van der Waals surface area contributed by atoms with Crippen LogP contribution in [0.5, 0.6) is 5.75 Å². The second-order valence-electron chi connectivity index (χ2n) is 8.53. The van der Waals surface area contributed by atoms with Gasteiger partial charge < -0.3 is 15.0 Å². The van der Waals surface area contributed by atoms with Crippen molar-refractivity contribution in [3.63, 3.8) is 0 Å². The van der Waals surface area contributed by atoms with Crippen LogP contribution < -0.4 is 14.4 Å². The van der Waals surface area contributed by atoms with Crippen LogP contribution >= 0.6 is 23.2 Å². The minimum absolute atomic E-state index is 0.0109. The van der Waals surface area contributed by atoms with E-state index in [1.54, 1.807) is 44.4 Å². The van der Waals surface area contributed by atoms with Crippen LogP contribution in [0.3, 0.4) is 0 Å². The van der Waals surface area contributed by atoms with Gasteiger partial charge in [0.15, 0.2) is 0 Å². The van der Waals surface area contributed by atoms with Gasteiger partial charge in [-0.2, -0.15) is 0 Å². The van der Waals surface area contributed by atoms with Gasteiger partial charge in [-0.05, 0) is 42.7 Å². The van der Waals surface area contributed by atoms with E-state index < -0.39 is 28.5 Å². The highest BCUT2D eigenvalue weighted by Crippen LogP contribution is 2.33. The number of nitrogens with one attached hydrogen (secondary N) is 1. The molecule has 0 spiro atoms. The average molecular weight is 545 g/mol. The molecule has 2 aromatic rings. The largest absolute Gasteiger partial charge is 0.497 e. The SMILES string of the molecule is COc1ccc(CN(C(=O)CN(c2cccc(Cl)c2Cl)S(C)(=O)=O)[C@H](C)C(=O)NCC(C)C)cc1. The maximum Gasteiger partial charge on any atom is 0.244 e. The first kappa shape index (κ1) is 28.7. The molecule has 0 radical (unpaired) electrons. The lowest BCUT2D eigenvalue weighted by Gasteiger charge is -2.32. The Bertz CT molecular complexity index is 1140. The molecule has 192 valence electrons. The van der Waals surface area contributed by atoms with Gasteiger partial charge in [-0.1, -0.05) is 55.2 Å². The van der Waals surface area contributed by atoms with Crippen molar-refractivity contribution in [1.29, 1.82) is 0 Å². The maximum absolute atomic E-state index is 13.5. The number of rotatable bonds is 11. The Hall–Kier alpha value is -2.49. The van der Waals surface area contributed by atoms with Gasteiger partial charge in [-0.25, -0.2) is 8.42 Å². The summed E-state index contributed by atoms with van der Waals surface area (Å²) in [5.74, 6) is -0.0440. The number of anilines is 1. The molecule has 8 nitrogen and oxygen atoms in total. The van der Waals surface area contributed by atoms with E-state index in [0.29, 0.717) is 12.3 Å². The van der Waals surface area contributed by atoms with Gasteiger partial charge in [-0.3, -0.25) is 13.9 Å². The molecule has 0 saturated carbocycles. The van der Waals surface area contributed by atoms with Crippen molar-refractivity contribution >= 4 is 50.7 Å². The van der Waals surface area contributed by atoms with Crippen LogP contribution in [0.25, 0.3) is 0 Å². The molecule has 0 unspecified atom stereocenters. The molecule has 0 aliphatic rings. The predicted molar refractivity (Wildman–Crippen MR) is 140 cm³/mol. The number of sulfonamides is 1. The molecule has 0 aliphatic heterocycles. The third kappa shape index (κ3) is 8.02. The molecule has 0 saturated heterocycles. The highest BCUT2D eigenvalue weighted by molar-refractivity contribution is 7.92. The summed E-state index contributed by atoms with van der Waals surface area (Å²) in [5.41, 5.74) is 0.825. The van der Waals surface area contributed by atoms with Crippen LogP contribution in [0.2, 0.25) is 10.0 Å². The molecule has 0 bridgehead atoms. The van der Waals surface area contributed by atoms with E-state index in [1.807, 2.05) is 13.8 Å². The number of methoxy groups -OCH3 is 1. The van der Waals surface area contributed by atoms with Gasteiger partial charge in [0, 0.05) is 13.1 Å². The van der Waals surface area contributed by atoms with E-state index in [2.05, 4.69) is 5.32 Å². The van der Waals surface area contributed by atoms with Crippen molar-refractivity contribution in [3.05, 3.63) is 58.1 Å². The van der Waals surface area contributed by atoms with Gasteiger partial charge in [0.05, 0.1) is 29.1 Å². The number of carbonyl (C=O) groups is 2. The zero-order valence-corrected chi connectivity index (χ0v) is 22.7. The average Bonchev–Trinajstić information content (AvgIpc) is 2.80. The van der Waals surface area contributed by atoms with Crippen LogP contribution in [-0.4, -0.2) is 57.6 Å². The third-order valence-electron chi connectivity index (χ3n) is 5.24. The number of nitrogens with zero attached hydrogens (tertiary/aromatic N) is 2. The van der Waals surface area contributed by atoms with Gasteiger partial charge >= 0.3 is 0 Å². The van der Waals surface area contributed by atoms with E-state index in [1.165, 1.54) is 17.0 Å². The van der Waals surface area contributed by atoms with Gasteiger partial charge in [0.2, 0.25) is 21.8 Å². The van der Waals surface area contributed by atoms with E-state index in [4.69, 9.17) is 27.9 Å². The Morgan fingerprint density at radius 2 is 1.69 bits per heavy atom. The molecule has 2 rings (SSSR count). The van der Waals surface area contributed by atoms with Gasteiger partial charge in [0.1, 0.15) is 18.3 Å². The molecule has 1 atom stereocenters. The Balaban J connectivity index is 2.40. The lowest BCUT2D eigenvalue weighted by Crippen LogP contribution is -2.51. The summed E-state index contributed by atoms with van der Waals surface area (Å²) in [4.78, 5) is 27.7. The lowest BCUT2D eigenvalue weighted by atomic mass is 10.1. The monoisotopic (exact) mass is 543 g/mol. The molecule has 0 heterocycles. The van der Waals surface area contributed by atoms with E-state index in [9.17, 15) is 18.0 Å². The summed E-state index contributed by atoms with van der Waals surface area (Å²) in [6.07, 6.45) is 0.976. The first-order valence-electron chi connectivity index (χ1n) is 11.0. The first-order chi connectivity index (χ1) is 16.3. The Morgan fingerprint density at radius 1 is 1.06 bits per heavy atom. The predicted octanol–water partition coefficient (Wildman–Crippen LogP) is 3.96. The fourth-order valence-corrected chi connectivity index (χ4v) is 4.54. The molecule has 0 aromatic heterocycles. The summed E-state index contributed by atoms with van der Waals surface area (Å²) in [5, 5.41) is 3.00. The summed E-state index contributed by atoms with van der Waals surface area (Å²) < 4.78 is 31.3. The molecule has 1 N–H and O–H groups in total. The first-order valence-corrected chi connectivity index (χ1v) is 13.6. The molecule has 0 aliphatic carbocycles. The summed E-state index contributed by atoms with van der Waals surface area (Å²) >= 11 is 12.3. The fourth-order valence-electron chi connectivity index (χ4n) is 3.24. The van der Waals surface area contributed by atoms with Crippen molar-refractivity contribution in [2.75, 3.05) is 30.8 Å². The second kappa shape index (κ2) is 12.5. The van der Waals surface area contributed by atoms with Crippen LogP contribution in [0, 0.1) is 5.92 Å². The highest BCUT2D eigenvalue weighted by Gasteiger charge is 2.31. The second-order valence-corrected chi connectivity index (χ2v) is 11.2. The Labute approximate surface area is 217 Å². The molecule has 35 heavy (non-hydrogen) atoms. The summed E-state index contributed by atoms with van der Waals surface area (Å²) in [7, 11) is -2.36.